The Morgan fingerprint density at radius 1 is 1.13 bits per heavy atom. The minimum atomic E-state index is -0.808. The van der Waals surface area contributed by atoms with Crippen molar-refractivity contribution in [3.8, 4) is 11.5 Å². The number of oxazole rings is 1. The smallest absolute Gasteiger partial charge is 0.329 e. The highest BCUT2D eigenvalue weighted by Crippen LogP contribution is 2.22. The van der Waals surface area contributed by atoms with E-state index in [9.17, 15) is 9.59 Å². The number of carbonyl (C=O) groups is 2. The minimum Gasteiger partial charge on any atom is -0.457 e. The number of ether oxygens (including phenoxy) is 1. The molecule has 0 bridgehead atoms. The van der Waals surface area contributed by atoms with Crippen LogP contribution in [0.5, 0.6) is 0 Å². The predicted octanol–water partition coefficient (Wildman–Crippen LogP) is 3.92. The number of esters is 1. The van der Waals surface area contributed by atoms with Gasteiger partial charge in [-0.05, 0) is 30.7 Å². The molecule has 2 aromatic carbocycles. The van der Waals surface area contributed by atoms with Crippen LogP contribution in [0.25, 0.3) is 22.4 Å². The number of aryl methyl sites for hydroxylation is 1. The van der Waals surface area contributed by atoms with E-state index in [-0.39, 0.29) is 12.5 Å². The van der Waals surface area contributed by atoms with E-state index >= 15 is 0 Å². The number of aromatic amines is 1. The van der Waals surface area contributed by atoms with E-state index in [2.05, 4.69) is 15.3 Å². The maximum Gasteiger partial charge on any atom is 0.329 e. The van der Waals surface area contributed by atoms with Gasteiger partial charge in [-0.25, -0.2) is 9.78 Å². The van der Waals surface area contributed by atoms with Gasteiger partial charge < -0.3 is 19.5 Å². The van der Waals surface area contributed by atoms with Gasteiger partial charge in [-0.3, -0.25) is 4.79 Å². The van der Waals surface area contributed by atoms with Gasteiger partial charge >= 0.3 is 5.97 Å². The lowest BCUT2D eigenvalue weighted by molar-refractivity contribution is -0.149. The molecule has 0 aliphatic rings. The van der Waals surface area contributed by atoms with E-state index in [1.165, 1.54) is 6.92 Å². The number of nitrogens with one attached hydrogen (secondary N) is 2. The Balaban J connectivity index is 1.47. The lowest BCUT2D eigenvalue weighted by atomic mass is 10.0. The summed E-state index contributed by atoms with van der Waals surface area (Å²) < 4.78 is 11.2. The summed E-state index contributed by atoms with van der Waals surface area (Å²) in [5.74, 6) is 0.232. The minimum absolute atomic E-state index is 0.0367. The zero-order valence-corrected chi connectivity index (χ0v) is 17.3. The van der Waals surface area contributed by atoms with Crippen LogP contribution in [0.4, 0.5) is 0 Å². The number of fused-ring (bicyclic) bond motifs is 1. The molecule has 1 atom stereocenters. The Labute approximate surface area is 179 Å². The molecule has 0 aliphatic heterocycles. The molecule has 158 valence electrons. The Bertz CT molecular complexity index is 1210. The molecule has 0 aliphatic carbocycles. The van der Waals surface area contributed by atoms with Gasteiger partial charge in [-0.2, -0.15) is 0 Å². The molecule has 0 saturated heterocycles. The van der Waals surface area contributed by atoms with E-state index in [1.807, 2.05) is 60.8 Å². The van der Waals surface area contributed by atoms with Gasteiger partial charge in [0.25, 0.3) is 0 Å². The molecule has 2 heterocycles. The molecule has 0 fully saturated rings. The van der Waals surface area contributed by atoms with Crippen molar-refractivity contribution in [3.05, 3.63) is 77.8 Å². The maximum absolute atomic E-state index is 12.8. The fourth-order valence-corrected chi connectivity index (χ4v) is 3.47. The third-order valence-electron chi connectivity index (χ3n) is 5.03. The third-order valence-corrected chi connectivity index (χ3v) is 5.03. The third kappa shape index (κ3) is 4.66. The number of nitrogens with zero attached hydrogens (tertiary/aromatic N) is 1. The summed E-state index contributed by atoms with van der Waals surface area (Å²) in [4.78, 5) is 32.1. The van der Waals surface area contributed by atoms with Gasteiger partial charge in [0, 0.05) is 36.0 Å². The molecule has 0 saturated carbocycles. The number of rotatable bonds is 7. The second-order valence-electron chi connectivity index (χ2n) is 7.31. The van der Waals surface area contributed by atoms with Crippen LogP contribution in [-0.4, -0.2) is 27.9 Å². The second-order valence-corrected chi connectivity index (χ2v) is 7.31. The van der Waals surface area contributed by atoms with E-state index in [1.54, 1.807) is 6.92 Å². The van der Waals surface area contributed by atoms with Gasteiger partial charge in [-0.1, -0.05) is 36.4 Å². The van der Waals surface area contributed by atoms with Gasteiger partial charge in [0.15, 0.2) is 0 Å². The molecule has 0 spiro atoms. The highest BCUT2D eigenvalue weighted by Gasteiger charge is 2.24. The lowest BCUT2D eigenvalue weighted by Gasteiger charge is -2.16. The Morgan fingerprint density at radius 3 is 2.65 bits per heavy atom. The van der Waals surface area contributed by atoms with Gasteiger partial charge in [0.2, 0.25) is 11.8 Å². The topological polar surface area (TPSA) is 97.2 Å². The Hall–Kier alpha value is -3.87. The fraction of sp³-hybridized carbons (Fsp3) is 0.208. The predicted molar refractivity (Wildman–Crippen MR) is 116 cm³/mol. The normalized spacial score (nSPS) is 11.9. The molecule has 4 rings (SSSR count). The molecule has 7 heteroatoms. The van der Waals surface area contributed by atoms with Gasteiger partial charge in [-0.15, -0.1) is 0 Å². The second kappa shape index (κ2) is 8.87. The molecule has 0 radical (unpaired) electrons. The monoisotopic (exact) mass is 417 g/mol. The zero-order chi connectivity index (χ0) is 21.8. The SMILES string of the molecule is CC(=O)N[C@@H](Cc1c[nH]c2ccccc12)C(=O)OCc1nc(-c2ccccc2)oc1C. The quantitative estimate of drug-likeness (QED) is 0.444. The summed E-state index contributed by atoms with van der Waals surface area (Å²) in [6.07, 6.45) is 2.16. The molecule has 31 heavy (non-hydrogen) atoms. The first-order chi connectivity index (χ1) is 15.0. The van der Waals surface area contributed by atoms with Gasteiger partial charge in [0.05, 0.1) is 0 Å². The van der Waals surface area contributed by atoms with Crippen molar-refractivity contribution in [1.29, 1.82) is 0 Å². The summed E-state index contributed by atoms with van der Waals surface area (Å²) >= 11 is 0. The Morgan fingerprint density at radius 2 is 1.87 bits per heavy atom. The number of amides is 1. The zero-order valence-electron chi connectivity index (χ0n) is 17.3. The van der Waals surface area contributed by atoms with Crippen LogP contribution in [0, 0.1) is 6.92 Å². The average Bonchev–Trinajstić information content (AvgIpc) is 3.35. The van der Waals surface area contributed by atoms with Crippen LogP contribution in [0.15, 0.2) is 65.2 Å². The van der Waals surface area contributed by atoms with Gasteiger partial charge in [0.1, 0.15) is 24.1 Å². The summed E-state index contributed by atoms with van der Waals surface area (Å²) in [6, 6.07) is 16.5. The van der Waals surface area contributed by atoms with Crippen molar-refractivity contribution in [2.75, 3.05) is 0 Å². The number of carbonyl (C=O) groups excluding carboxylic acids is 2. The average molecular weight is 417 g/mol. The summed E-state index contributed by atoms with van der Waals surface area (Å²) in [6.45, 7) is 3.12. The number of hydrogen-bond acceptors (Lipinski definition) is 5. The molecule has 1 amide bonds. The lowest BCUT2D eigenvalue weighted by Crippen LogP contribution is -2.42. The maximum atomic E-state index is 12.8. The number of benzene rings is 2. The van der Waals surface area contributed by atoms with E-state index in [0.29, 0.717) is 23.8 Å². The summed E-state index contributed by atoms with van der Waals surface area (Å²) in [5.41, 5.74) is 3.29. The molecular weight excluding hydrogens is 394 g/mol. The van der Waals surface area contributed by atoms with E-state index < -0.39 is 12.0 Å². The van der Waals surface area contributed by atoms with Crippen molar-refractivity contribution in [2.45, 2.75) is 32.9 Å². The number of H-pyrrole nitrogens is 1. The largest absolute Gasteiger partial charge is 0.457 e. The summed E-state index contributed by atoms with van der Waals surface area (Å²) in [5, 5.41) is 3.70. The van der Waals surface area contributed by atoms with Crippen molar-refractivity contribution in [2.24, 2.45) is 0 Å². The molecular formula is C24H23N3O4. The van der Waals surface area contributed by atoms with Crippen molar-refractivity contribution in [1.82, 2.24) is 15.3 Å². The molecule has 7 nitrogen and oxygen atoms in total. The number of hydrogen-bond donors (Lipinski definition) is 2. The first kappa shape index (κ1) is 20.4. The van der Waals surface area contributed by atoms with Crippen molar-refractivity contribution < 1.29 is 18.7 Å². The first-order valence-corrected chi connectivity index (χ1v) is 10.0. The van der Waals surface area contributed by atoms with Crippen LogP contribution >= 0.6 is 0 Å². The number of aromatic nitrogens is 2. The fourth-order valence-electron chi connectivity index (χ4n) is 3.47. The number of para-hydroxylation sites is 1. The molecule has 2 aromatic heterocycles. The van der Waals surface area contributed by atoms with Crippen LogP contribution in [0.3, 0.4) is 0 Å². The molecule has 4 aromatic rings. The van der Waals surface area contributed by atoms with Crippen LogP contribution in [0.2, 0.25) is 0 Å². The molecule has 2 N–H and O–H groups in total. The first-order valence-electron chi connectivity index (χ1n) is 10.0. The van der Waals surface area contributed by atoms with Crippen LogP contribution in [-0.2, 0) is 27.4 Å². The van der Waals surface area contributed by atoms with Crippen LogP contribution < -0.4 is 5.32 Å². The van der Waals surface area contributed by atoms with Crippen molar-refractivity contribution >= 4 is 22.8 Å². The van der Waals surface area contributed by atoms with Crippen LogP contribution in [0.1, 0.15) is 23.9 Å². The van der Waals surface area contributed by atoms with Crippen molar-refractivity contribution in [3.63, 3.8) is 0 Å². The highest BCUT2D eigenvalue weighted by atomic mass is 16.5. The standard InChI is InChI=1S/C24H23N3O4/c1-15-22(27-23(31-15)17-8-4-3-5-9-17)14-30-24(29)21(26-16(2)28)12-18-13-25-20-11-7-6-10-19(18)20/h3-11,13,21,25H,12,14H2,1-2H3,(H,26,28)/t21-/m0/s1. The Kier molecular flexibility index (Phi) is 5.84. The van der Waals surface area contributed by atoms with E-state index in [0.717, 1.165) is 22.0 Å². The summed E-state index contributed by atoms with van der Waals surface area (Å²) in [7, 11) is 0. The highest BCUT2D eigenvalue weighted by molar-refractivity contribution is 5.86. The van der Waals surface area contributed by atoms with E-state index in [4.69, 9.17) is 9.15 Å². The molecule has 0 unspecified atom stereocenters.